The van der Waals surface area contributed by atoms with Crippen molar-refractivity contribution < 1.29 is 19.0 Å². The van der Waals surface area contributed by atoms with E-state index < -0.39 is 0 Å². The molecule has 4 atom stereocenters. The third-order valence-corrected chi connectivity index (χ3v) is 10.3. The predicted molar refractivity (Wildman–Crippen MR) is 191 cm³/mol. The normalized spacial score (nSPS) is 13.6. The molecule has 0 radical (unpaired) electrons. The first-order valence-corrected chi connectivity index (χ1v) is 18.8. The molecule has 0 saturated heterocycles. The van der Waals surface area contributed by atoms with E-state index >= 15 is 0 Å². The van der Waals surface area contributed by atoms with Gasteiger partial charge in [-0.3, -0.25) is 4.79 Å². The van der Waals surface area contributed by atoms with Gasteiger partial charge in [-0.25, -0.2) is 0 Å². The Balaban J connectivity index is 2.53. The first-order valence-electron chi connectivity index (χ1n) is 17.4. The summed E-state index contributed by atoms with van der Waals surface area (Å²) in [5.41, 5.74) is 1.46. The van der Waals surface area contributed by atoms with E-state index in [1.807, 2.05) is 31.2 Å². The second-order valence-electron chi connectivity index (χ2n) is 12.4. The van der Waals surface area contributed by atoms with Crippen LogP contribution < -0.4 is 19.5 Å². The Morgan fingerprint density at radius 3 is 1.59 bits per heavy atom. The monoisotopic (exact) mass is 646 g/mol. The van der Waals surface area contributed by atoms with Crippen molar-refractivity contribution in [3.05, 3.63) is 46.5 Å². The summed E-state index contributed by atoms with van der Waals surface area (Å²) in [4.78, 5) is 13.9. The Hall–Kier alpha value is -1.77. The molecule has 2 rings (SSSR count). The van der Waals surface area contributed by atoms with E-state index in [2.05, 4.69) is 41.5 Å². The number of carbonyl (C=O) groups is 1. The van der Waals surface area contributed by atoms with Gasteiger partial charge in [0.25, 0.3) is 0 Å². The number of ether oxygens (including phenoxy) is 3. The quantitative estimate of drug-likeness (QED) is 0.106. The van der Waals surface area contributed by atoms with E-state index in [-0.39, 0.29) is 14.1 Å². The number of hydrogen-bond acceptors (Lipinski definition) is 4. The molecule has 0 fully saturated rings. The lowest BCUT2D eigenvalue weighted by Gasteiger charge is -2.23. The van der Waals surface area contributed by atoms with Crippen LogP contribution in [0, 0.1) is 24.7 Å². The van der Waals surface area contributed by atoms with Crippen molar-refractivity contribution in [3.63, 3.8) is 0 Å². The zero-order chi connectivity index (χ0) is 32.3. The van der Waals surface area contributed by atoms with Crippen LogP contribution in [0.2, 0.25) is 5.02 Å². The van der Waals surface area contributed by atoms with Crippen molar-refractivity contribution >= 4 is 31.0 Å². The van der Waals surface area contributed by atoms with Crippen LogP contribution in [-0.2, 0) is 0 Å². The Morgan fingerprint density at radius 2 is 1.18 bits per heavy atom. The Labute approximate surface area is 276 Å². The average molecular weight is 647 g/mol. The van der Waals surface area contributed by atoms with Gasteiger partial charge in [-0.05, 0) is 64.2 Å². The van der Waals surface area contributed by atoms with Gasteiger partial charge in [-0.2, -0.15) is 0 Å². The maximum absolute atomic E-state index is 13.9. The standard InChI is InChI=1S/C38H60ClO4P/c1-8-14-19-29(11-4)25-41-32-23-34(42-26-30(12-5)20-15-9-2)37(35(24-32)43-27-31(13-6)21-16-10-3)44-38(40)36-28(7)18-17-22-33(36)39/h17-18,22-24,29-31,44H,8-16,19-21,25-27H2,1-7H3. The number of benzene rings is 2. The topological polar surface area (TPSA) is 44.8 Å². The van der Waals surface area contributed by atoms with Gasteiger partial charge in [0.1, 0.15) is 17.2 Å². The molecule has 0 heterocycles. The number of unbranched alkanes of at least 4 members (excludes halogenated alkanes) is 3. The molecule has 0 spiro atoms. The van der Waals surface area contributed by atoms with E-state index in [0.717, 1.165) is 55.1 Å². The van der Waals surface area contributed by atoms with Crippen LogP contribution in [0.3, 0.4) is 0 Å². The maximum atomic E-state index is 13.9. The number of aryl methyl sites for hydroxylation is 1. The minimum absolute atomic E-state index is 0.00173. The number of carbonyl (C=O) groups excluding carboxylic acids is 1. The van der Waals surface area contributed by atoms with Crippen molar-refractivity contribution in [3.8, 4) is 17.2 Å². The summed E-state index contributed by atoms with van der Waals surface area (Å²) in [7, 11) is -0.179. The molecule has 2 aromatic rings. The molecule has 0 aliphatic heterocycles. The molecule has 0 bridgehead atoms. The van der Waals surface area contributed by atoms with Gasteiger partial charge in [0.2, 0.25) is 0 Å². The lowest BCUT2D eigenvalue weighted by Crippen LogP contribution is -2.19. The number of hydrogen-bond donors (Lipinski definition) is 0. The Bertz CT molecular complexity index is 1040. The molecule has 4 unspecified atom stereocenters. The van der Waals surface area contributed by atoms with Gasteiger partial charge < -0.3 is 14.2 Å². The van der Waals surface area contributed by atoms with Crippen molar-refractivity contribution in [1.29, 1.82) is 0 Å². The molecule has 44 heavy (non-hydrogen) atoms. The fourth-order valence-corrected chi connectivity index (χ4v) is 7.03. The number of halogens is 1. The Kier molecular flexibility index (Phi) is 19.1. The van der Waals surface area contributed by atoms with Crippen molar-refractivity contribution in [2.24, 2.45) is 17.8 Å². The molecular formula is C38H60ClO4P. The molecule has 2 aromatic carbocycles. The number of rotatable bonds is 24. The highest BCUT2D eigenvalue weighted by atomic mass is 35.5. The summed E-state index contributed by atoms with van der Waals surface area (Å²) in [6.07, 6.45) is 13.7. The van der Waals surface area contributed by atoms with Crippen LogP contribution in [0.4, 0.5) is 0 Å². The van der Waals surface area contributed by atoms with E-state index in [1.54, 1.807) is 6.07 Å². The zero-order valence-electron chi connectivity index (χ0n) is 28.7. The fraction of sp³-hybridized carbons (Fsp3) is 0.658. The maximum Gasteiger partial charge on any atom is 0.187 e. The zero-order valence-corrected chi connectivity index (χ0v) is 30.5. The summed E-state index contributed by atoms with van der Waals surface area (Å²) >= 11 is 6.56. The predicted octanol–water partition coefficient (Wildman–Crippen LogP) is 11.6. The summed E-state index contributed by atoms with van der Waals surface area (Å²) < 4.78 is 19.7. The summed E-state index contributed by atoms with van der Waals surface area (Å²) in [5, 5.41) is 1.30. The average Bonchev–Trinajstić information content (AvgIpc) is 3.02. The highest BCUT2D eigenvalue weighted by Crippen LogP contribution is 2.37. The Morgan fingerprint density at radius 1 is 0.727 bits per heavy atom. The van der Waals surface area contributed by atoms with E-state index in [1.165, 1.54) is 38.5 Å². The molecule has 0 aliphatic rings. The summed E-state index contributed by atoms with van der Waals surface area (Å²) in [6, 6.07) is 9.61. The van der Waals surface area contributed by atoms with Crippen molar-refractivity contribution in [2.45, 2.75) is 126 Å². The molecule has 0 N–H and O–H groups in total. The minimum atomic E-state index is -0.179. The molecule has 0 saturated carbocycles. The first-order chi connectivity index (χ1) is 21.3. The third kappa shape index (κ3) is 12.9. The largest absolute Gasteiger partial charge is 0.493 e. The van der Waals surface area contributed by atoms with Gasteiger partial charge in [0.15, 0.2) is 5.52 Å². The SMILES string of the molecule is CCCCC(CC)COc1cc(OCC(CC)CCCC)c(PC(=O)c2c(C)cccc2Cl)c(OCC(CC)CCCC)c1. The molecule has 0 amide bonds. The second-order valence-corrected chi connectivity index (χ2v) is 14.0. The van der Waals surface area contributed by atoms with Crippen LogP contribution in [-0.4, -0.2) is 25.3 Å². The van der Waals surface area contributed by atoms with Gasteiger partial charge in [-0.1, -0.05) is 123 Å². The highest BCUT2D eigenvalue weighted by Gasteiger charge is 2.23. The second kappa shape index (κ2) is 21.9. The van der Waals surface area contributed by atoms with Gasteiger partial charge in [0.05, 0.1) is 30.1 Å². The molecule has 0 aromatic heterocycles. The van der Waals surface area contributed by atoms with Crippen LogP contribution in [0.5, 0.6) is 17.2 Å². The smallest absolute Gasteiger partial charge is 0.187 e. The van der Waals surface area contributed by atoms with Crippen LogP contribution in [0.25, 0.3) is 0 Å². The van der Waals surface area contributed by atoms with E-state index in [0.29, 0.717) is 59.7 Å². The van der Waals surface area contributed by atoms with E-state index in [9.17, 15) is 4.79 Å². The van der Waals surface area contributed by atoms with Gasteiger partial charge >= 0.3 is 0 Å². The molecule has 248 valence electrons. The minimum Gasteiger partial charge on any atom is -0.493 e. The van der Waals surface area contributed by atoms with Gasteiger partial charge in [-0.15, -0.1) is 0 Å². The lowest BCUT2D eigenvalue weighted by atomic mass is 10.0. The molecule has 6 heteroatoms. The fourth-order valence-electron chi connectivity index (χ4n) is 5.42. The van der Waals surface area contributed by atoms with Crippen LogP contribution >= 0.6 is 20.2 Å². The summed E-state index contributed by atoms with van der Waals surface area (Å²) in [5.74, 6) is 3.58. The first kappa shape index (κ1) is 38.4. The van der Waals surface area contributed by atoms with Crippen LogP contribution in [0.15, 0.2) is 30.3 Å². The summed E-state index contributed by atoms with van der Waals surface area (Å²) in [6.45, 7) is 17.2. The van der Waals surface area contributed by atoms with Gasteiger partial charge in [0, 0.05) is 17.7 Å². The van der Waals surface area contributed by atoms with E-state index in [4.69, 9.17) is 25.8 Å². The van der Waals surface area contributed by atoms with Crippen molar-refractivity contribution in [2.75, 3.05) is 19.8 Å². The molecule has 4 nitrogen and oxygen atoms in total. The molecular weight excluding hydrogens is 587 g/mol. The van der Waals surface area contributed by atoms with Crippen molar-refractivity contribution in [1.82, 2.24) is 0 Å². The van der Waals surface area contributed by atoms with Crippen LogP contribution in [0.1, 0.15) is 135 Å². The highest BCUT2D eigenvalue weighted by molar-refractivity contribution is 7.66. The molecule has 0 aliphatic carbocycles. The third-order valence-electron chi connectivity index (χ3n) is 8.79. The lowest BCUT2D eigenvalue weighted by molar-refractivity contribution is 0.108.